The van der Waals surface area contributed by atoms with Gasteiger partial charge in [-0.25, -0.2) is 9.50 Å². The van der Waals surface area contributed by atoms with Crippen molar-refractivity contribution in [3.05, 3.63) is 106 Å². The molecule has 5 aromatic rings. The summed E-state index contributed by atoms with van der Waals surface area (Å²) in [5, 5.41) is 8.57. The molecule has 0 fully saturated rings. The van der Waals surface area contributed by atoms with Gasteiger partial charge in [-0.3, -0.25) is 14.2 Å². The van der Waals surface area contributed by atoms with Crippen LogP contribution in [0, 0.1) is 0 Å². The number of hydrogen-bond acceptors (Lipinski definition) is 5. The minimum Gasteiger partial charge on any atom is -0.381 e. The summed E-state index contributed by atoms with van der Waals surface area (Å²) < 4.78 is 3.12. The van der Waals surface area contributed by atoms with Gasteiger partial charge in [0.15, 0.2) is 11.5 Å². The first kappa shape index (κ1) is 22.1. The number of benzene rings is 2. The van der Waals surface area contributed by atoms with Gasteiger partial charge in [0.25, 0.3) is 11.5 Å². The van der Waals surface area contributed by atoms with Crippen LogP contribution in [0.25, 0.3) is 28.2 Å². The number of nitrogens with one attached hydrogen (secondary N) is 1. The summed E-state index contributed by atoms with van der Waals surface area (Å²) in [4.78, 5) is 31.4. The molecule has 1 atom stereocenters. The quantitative estimate of drug-likeness (QED) is 0.407. The zero-order valence-corrected chi connectivity index (χ0v) is 19.3. The van der Waals surface area contributed by atoms with Gasteiger partial charge in [-0.05, 0) is 49.1 Å². The van der Waals surface area contributed by atoms with Gasteiger partial charge in [-0.2, -0.15) is 0 Å². The van der Waals surface area contributed by atoms with Gasteiger partial charge in [0.1, 0.15) is 5.56 Å². The van der Waals surface area contributed by atoms with Gasteiger partial charge in [0.2, 0.25) is 0 Å². The molecule has 3 heterocycles. The number of allylic oxidation sites excluding steroid dienone is 1. The Kier molecular flexibility index (Phi) is 5.62. The Morgan fingerprint density at radius 3 is 2.69 bits per heavy atom. The monoisotopic (exact) mass is 464 g/mol. The van der Waals surface area contributed by atoms with E-state index in [4.69, 9.17) is 5.73 Å². The second-order valence-electron chi connectivity index (χ2n) is 8.20. The maximum atomic E-state index is 13.9. The number of amides is 1. The van der Waals surface area contributed by atoms with E-state index in [-0.39, 0.29) is 16.9 Å². The summed E-state index contributed by atoms with van der Waals surface area (Å²) in [5.74, 6) is -0.332. The summed E-state index contributed by atoms with van der Waals surface area (Å²) in [5.41, 5.74) is 8.64. The van der Waals surface area contributed by atoms with E-state index in [1.54, 1.807) is 23.0 Å². The number of nitrogens with zero attached hydrogens (tertiary/aromatic N) is 4. The predicted octanol–water partition coefficient (Wildman–Crippen LogP) is 4.14. The number of carbonyl (C=O) groups is 1. The Bertz CT molecular complexity index is 1650. The maximum Gasteiger partial charge on any atom is 0.263 e. The molecule has 0 aliphatic carbocycles. The van der Waals surface area contributed by atoms with Crippen LogP contribution < -0.4 is 16.6 Å². The molecule has 0 bridgehead atoms. The third kappa shape index (κ3) is 3.85. The van der Waals surface area contributed by atoms with Crippen LogP contribution in [-0.2, 0) is 0 Å². The number of nitrogen functional groups attached to an aromatic ring is 1. The molecule has 0 spiro atoms. The first-order valence-corrected chi connectivity index (χ1v) is 11.3. The lowest BCUT2D eigenvalue weighted by Gasteiger charge is -2.21. The molecule has 3 aromatic heterocycles. The molecule has 0 saturated carbocycles. The molecule has 0 aliphatic rings. The van der Waals surface area contributed by atoms with Crippen LogP contribution in [0.4, 0.5) is 5.82 Å². The van der Waals surface area contributed by atoms with Gasteiger partial charge in [-0.15, -0.1) is 5.10 Å². The fraction of sp³-hybridized carbons (Fsp3) is 0.111. The van der Waals surface area contributed by atoms with Gasteiger partial charge < -0.3 is 11.1 Å². The number of rotatable bonds is 5. The van der Waals surface area contributed by atoms with E-state index in [0.29, 0.717) is 22.4 Å². The average Bonchev–Trinajstić information content (AvgIpc) is 3.20. The first-order valence-electron chi connectivity index (χ1n) is 11.3. The highest BCUT2D eigenvalue weighted by atomic mass is 16.2. The lowest BCUT2D eigenvalue weighted by Crippen LogP contribution is -2.32. The zero-order chi connectivity index (χ0) is 24.5. The van der Waals surface area contributed by atoms with Crippen LogP contribution in [0.3, 0.4) is 0 Å². The number of anilines is 1. The summed E-state index contributed by atoms with van der Waals surface area (Å²) in [7, 11) is 0. The number of aromatic nitrogens is 4. The first-order chi connectivity index (χ1) is 17.0. The van der Waals surface area contributed by atoms with E-state index in [1.807, 2.05) is 80.6 Å². The van der Waals surface area contributed by atoms with Gasteiger partial charge in [0.05, 0.1) is 11.4 Å². The van der Waals surface area contributed by atoms with Crippen LogP contribution in [-0.4, -0.2) is 25.1 Å². The molecule has 0 saturated heterocycles. The standard InChI is InChI=1S/C27H24N6O2/c1-3-9-18-10-7-11-19-16-21(33(27(35)22(18)19)20-12-5-4-6-13-20)17(2)30-26(34)23-24(28)31-32-15-8-14-29-25(23)32/h3-17H,1-2H3,(H2,28,31)(H,30,34)/b9-3+. The number of carbonyl (C=O) groups excluding carboxylic acids is 1. The van der Waals surface area contributed by atoms with E-state index in [9.17, 15) is 9.59 Å². The fourth-order valence-corrected chi connectivity index (χ4v) is 4.35. The van der Waals surface area contributed by atoms with Crippen molar-refractivity contribution in [1.29, 1.82) is 0 Å². The van der Waals surface area contributed by atoms with Gasteiger partial charge in [-0.1, -0.05) is 48.6 Å². The van der Waals surface area contributed by atoms with Crippen molar-refractivity contribution < 1.29 is 4.79 Å². The number of hydrogen-bond donors (Lipinski definition) is 2. The third-order valence-electron chi connectivity index (χ3n) is 5.91. The third-order valence-corrected chi connectivity index (χ3v) is 5.91. The SMILES string of the molecule is C/C=C/c1cccc2cc(C(C)NC(=O)c3c(N)nn4cccnc34)n(-c3ccccc3)c(=O)c12. The van der Waals surface area contributed by atoms with Crippen molar-refractivity contribution in [3.63, 3.8) is 0 Å². The lowest BCUT2D eigenvalue weighted by molar-refractivity contribution is 0.0941. The second-order valence-corrected chi connectivity index (χ2v) is 8.20. The largest absolute Gasteiger partial charge is 0.381 e. The topological polar surface area (TPSA) is 107 Å². The zero-order valence-electron chi connectivity index (χ0n) is 19.3. The van der Waals surface area contributed by atoms with E-state index in [2.05, 4.69) is 15.4 Å². The Balaban J connectivity index is 1.66. The van der Waals surface area contributed by atoms with Crippen molar-refractivity contribution >= 4 is 34.2 Å². The molecular formula is C27H24N6O2. The summed E-state index contributed by atoms with van der Waals surface area (Å²) >= 11 is 0. The highest BCUT2D eigenvalue weighted by molar-refractivity contribution is 6.04. The predicted molar refractivity (Wildman–Crippen MR) is 138 cm³/mol. The van der Waals surface area contributed by atoms with Gasteiger partial charge in [0, 0.05) is 23.8 Å². The van der Waals surface area contributed by atoms with Crippen molar-refractivity contribution in [2.24, 2.45) is 0 Å². The fourth-order valence-electron chi connectivity index (χ4n) is 4.35. The molecule has 0 radical (unpaired) electrons. The van der Waals surface area contributed by atoms with E-state index >= 15 is 0 Å². The van der Waals surface area contributed by atoms with Crippen molar-refractivity contribution in [2.45, 2.75) is 19.9 Å². The van der Waals surface area contributed by atoms with Crippen LogP contribution in [0.15, 0.2) is 83.9 Å². The highest BCUT2D eigenvalue weighted by Crippen LogP contribution is 2.25. The average molecular weight is 465 g/mol. The van der Waals surface area contributed by atoms with E-state index < -0.39 is 11.9 Å². The Morgan fingerprint density at radius 1 is 1.11 bits per heavy atom. The maximum absolute atomic E-state index is 13.9. The van der Waals surface area contributed by atoms with Crippen molar-refractivity contribution in [1.82, 2.24) is 24.5 Å². The highest BCUT2D eigenvalue weighted by Gasteiger charge is 2.23. The molecule has 1 unspecified atom stereocenters. The van der Waals surface area contributed by atoms with Gasteiger partial charge >= 0.3 is 0 Å². The number of pyridine rings is 1. The van der Waals surface area contributed by atoms with Crippen molar-refractivity contribution in [3.8, 4) is 5.69 Å². The Hall–Kier alpha value is -4.72. The molecule has 35 heavy (non-hydrogen) atoms. The minimum absolute atomic E-state index is 0.0864. The molecule has 3 N–H and O–H groups in total. The molecule has 8 nitrogen and oxygen atoms in total. The summed E-state index contributed by atoms with van der Waals surface area (Å²) in [6.45, 7) is 3.75. The molecule has 2 aromatic carbocycles. The summed E-state index contributed by atoms with van der Waals surface area (Å²) in [6.07, 6.45) is 7.09. The lowest BCUT2D eigenvalue weighted by atomic mass is 10.0. The number of fused-ring (bicyclic) bond motifs is 2. The van der Waals surface area contributed by atoms with E-state index in [0.717, 1.165) is 10.9 Å². The molecular weight excluding hydrogens is 440 g/mol. The summed E-state index contributed by atoms with van der Waals surface area (Å²) in [6, 6.07) is 18.3. The molecule has 5 rings (SSSR count). The molecule has 174 valence electrons. The molecule has 8 heteroatoms. The minimum atomic E-state index is -0.525. The Labute approximate surface area is 201 Å². The Morgan fingerprint density at radius 2 is 1.91 bits per heavy atom. The normalized spacial score (nSPS) is 12.4. The van der Waals surface area contributed by atoms with Crippen LogP contribution >= 0.6 is 0 Å². The number of nitrogens with two attached hydrogens (primary N) is 1. The molecule has 0 aliphatic heterocycles. The number of para-hydroxylation sites is 1. The second kappa shape index (κ2) is 8.90. The van der Waals surface area contributed by atoms with Crippen LogP contribution in [0.1, 0.15) is 41.5 Å². The van der Waals surface area contributed by atoms with Crippen LogP contribution in [0.5, 0.6) is 0 Å². The molecule has 1 amide bonds. The smallest absolute Gasteiger partial charge is 0.263 e. The van der Waals surface area contributed by atoms with E-state index in [1.165, 1.54) is 4.52 Å². The van der Waals surface area contributed by atoms with Crippen molar-refractivity contribution in [2.75, 3.05) is 5.73 Å². The van der Waals surface area contributed by atoms with Crippen LogP contribution in [0.2, 0.25) is 0 Å².